The van der Waals surface area contributed by atoms with Crippen molar-refractivity contribution in [3.8, 4) is 0 Å². The summed E-state index contributed by atoms with van der Waals surface area (Å²) in [6.45, 7) is 1.84. The fourth-order valence-corrected chi connectivity index (χ4v) is 0.658. The molecule has 0 saturated heterocycles. The molecule has 0 fully saturated rings. The van der Waals surface area contributed by atoms with Gasteiger partial charge in [-0.05, 0) is 6.92 Å². The van der Waals surface area contributed by atoms with Gasteiger partial charge < -0.3 is 9.88 Å². The Morgan fingerprint density at radius 1 is 1.80 bits per heavy atom. The molecule has 4 nitrogen and oxygen atoms in total. The van der Waals surface area contributed by atoms with Crippen molar-refractivity contribution in [1.29, 1.82) is 0 Å². The van der Waals surface area contributed by atoms with E-state index in [1.165, 1.54) is 0 Å². The summed E-state index contributed by atoms with van der Waals surface area (Å²) in [5.74, 6) is 0. The van der Waals surface area contributed by atoms with Crippen LogP contribution in [0.3, 0.4) is 0 Å². The first-order valence-corrected chi connectivity index (χ1v) is 2.94. The molecule has 10 heavy (non-hydrogen) atoms. The lowest BCUT2D eigenvalue weighted by Gasteiger charge is -2.09. The molecule has 0 aliphatic carbocycles. The number of imidazole rings is 1. The van der Waals surface area contributed by atoms with Crippen molar-refractivity contribution in [1.82, 2.24) is 14.9 Å². The van der Waals surface area contributed by atoms with Crippen LogP contribution in [0.1, 0.15) is 13.1 Å². The lowest BCUT2D eigenvalue weighted by atomic mass is 10.5. The van der Waals surface area contributed by atoms with E-state index < -0.39 is 0 Å². The van der Waals surface area contributed by atoms with E-state index in [-0.39, 0.29) is 6.17 Å². The summed E-state index contributed by atoms with van der Waals surface area (Å²) in [5.41, 5.74) is 0. The first-order valence-electron chi connectivity index (χ1n) is 2.94. The van der Waals surface area contributed by atoms with Crippen LogP contribution in [0.2, 0.25) is 0 Å². The van der Waals surface area contributed by atoms with Gasteiger partial charge in [0.2, 0.25) is 0 Å². The van der Waals surface area contributed by atoms with Gasteiger partial charge in [-0.3, -0.25) is 4.79 Å². The maximum Gasteiger partial charge on any atom is 0.310 e. The van der Waals surface area contributed by atoms with Crippen molar-refractivity contribution in [3.63, 3.8) is 0 Å². The Hall–Kier alpha value is -1.32. The Labute approximate surface area is 58.9 Å². The highest BCUT2D eigenvalue weighted by molar-refractivity contribution is 5.47. The minimum atomic E-state index is -0.0694. The zero-order valence-corrected chi connectivity index (χ0v) is 5.61. The lowest BCUT2D eigenvalue weighted by Crippen LogP contribution is -2.21. The fraction of sp³-hybridized carbons (Fsp3) is 0.333. The molecule has 1 unspecified atom stereocenters. The van der Waals surface area contributed by atoms with Gasteiger partial charge >= 0.3 is 6.41 Å². The van der Waals surface area contributed by atoms with Gasteiger partial charge in [-0.25, -0.2) is 4.98 Å². The van der Waals surface area contributed by atoms with Crippen molar-refractivity contribution >= 4 is 6.41 Å². The predicted octanol–water partition coefficient (Wildman–Crippen LogP) is 0.0584. The number of nitrogens with one attached hydrogen (secondary N) is 1. The summed E-state index contributed by atoms with van der Waals surface area (Å²) in [6.07, 6.45) is 6.60. The van der Waals surface area contributed by atoms with Crippen molar-refractivity contribution in [2.75, 3.05) is 0 Å². The molecule has 1 radical (unpaired) electrons. The van der Waals surface area contributed by atoms with Crippen molar-refractivity contribution in [2.24, 2.45) is 0 Å². The maximum atomic E-state index is 9.84. The molecule has 1 N–H and O–H groups in total. The quantitative estimate of drug-likeness (QED) is 0.600. The number of rotatable bonds is 3. The molecule has 0 spiro atoms. The molecule has 1 aromatic heterocycles. The van der Waals surface area contributed by atoms with Crippen molar-refractivity contribution in [3.05, 3.63) is 18.7 Å². The zero-order chi connectivity index (χ0) is 7.40. The zero-order valence-electron chi connectivity index (χ0n) is 5.61. The molecule has 1 atom stereocenters. The monoisotopic (exact) mass is 138 g/mol. The summed E-state index contributed by atoms with van der Waals surface area (Å²) in [4.78, 5) is 13.7. The minimum absolute atomic E-state index is 0.0694. The van der Waals surface area contributed by atoms with Crippen LogP contribution in [-0.4, -0.2) is 16.0 Å². The van der Waals surface area contributed by atoms with Crippen LogP contribution >= 0.6 is 0 Å². The first-order chi connectivity index (χ1) is 4.84. The molecule has 4 heteroatoms. The van der Waals surface area contributed by atoms with Gasteiger partial charge in [-0.1, -0.05) is 0 Å². The number of aromatic nitrogens is 2. The van der Waals surface area contributed by atoms with Gasteiger partial charge in [-0.2, -0.15) is 0 Å². The normalized spacial score (nSPS) is 12.5. The van der Waals surface area contributed by atoms with Crippen LogP contribution in [0, 0.1) is 0 Å². The third kappa shape index (κ3) is 1.34. The molecule has 0 saturated carbocycles. The highest BCUT2D eigenvalue weighted by Gasteiger charge is 1.98. The molecule has 1 heterocycles. The summed E-state index contributed by atoms with van der Waals surface area (Å²) >= 11 is 0. The SMILES string of the molecule is CC(N[C]=O)n1ccnc1. The maximum absolute atomic E-state index is 9.84. The molecular formula is C6H8N3O. The summed E-state index contributed by atoms with van der Waals surface area (Å²) in [5, 5.41) is 2.47. The average Bonchev–Trinajstić information content (AvgIpc) is 2.38. The Balaban J connectivity index is 2.58. The topological polar surface area (TPSA) is 46.9 Å². The van der Waals surface area contributed by atoms with E-state index >= 15 is 0 Å². The Bertz CT molecular complexity index is 195. The van der Waals surface area contributed by atoms with Gasteiger partial charge in [0.05, 0.1) is 6.33 Å². The van der Waals surface area contributed by atoms with E-state index in [4.69, 9.17) is 0 Å². The lowest BCUT2D eigenvalue weighted by molar-refractivity contribution is 0.473. The second kappa shape index (κ2) is 3.00. The highest BCUT2D eigenvalue weighted by atomic mass is 16.1. The average molecular weight is 138 g/mol. The number of amides is 1. The van der Waals surface area contributed by atoms with Gasteiger partial charge in [0.1, 0.15) is 6.17 Å². The van der Waals surface area contributed by atoms with Crippen LogP contribution in [-0.2, 0) is 4.79 Å². The van der Waals surface area contributed by atoms with E-state index in [1.54, 1.807) is 29.7 Å². The van der Waals surface area contributed by atoms with E-state index in [2.05, 4.69) is 10.3 Å². The summed E-state index contributed by atoms with van der Waals surface area (Å²) in [7, 11) is 0. The molecule has 53 valence electrons. The summed E-state index contributed by atoms with van der Waals surface area (Å²) < 4.78 is 1.77. The third-order valence-corrected chi connectivity index (χ3v) is 1.24. The van der Waals surface area contributed by atoms with Crippen LogP contribution in [0.25, 0.3) is 0 Å². The van der Waals surface area contributed by atoms with Crippen LogP contribution in [0.15, 0.2) is 18.7 Å². The van der Waals surface area contributed by atoms with Gasteiger partial charge in [0.25, 0.3) is 0 Å². The number of nitrogens with zero attached hydrogens (tertiary/aromatic N) is 2. The van der Waals surface area contributed by atoms with Gasteiger partial charge in [0.15, 0.2) is 0 Å². The van der Waals surface area contributed by atoms with Crippen molar-refractivity contribution < 1.29 is 4.79 Å². The Morgan fingerprint density at radius 3 is 3.10 bits per heavy atom. The first kappa shape index (κ1) is 6.80. The Morgan fingerprint density at radius 2 is 2.60 bits per heavy atom. The Kier molecular flexibility index (Phi) is 2.04. The number of hydrogen-bond acceptors (Lipinski definition) is 2. The number of hydrogen-bond donors (Lipinski definition) is 1. The van der Waals surface area contributed by atoms with E-state index in [0.29, 0.717) is 0 Å². The highest BCUT2D eigenvalue weighted by Crippen LogP contribution is 1.96. The van der Waals surface area contributed by atoms with Crippen LogP contribution < -0.4 is 5.32 Å². The molecule has 0 aliphatic rings. The van der Waals surface area contributed by atoms with E-state index in [1.807, 2.05) is 6.92 Å². The van der Waals surface area contributed by atoms with Gasteiger partial charge in [-0.15, -0.1) is 0 Å². The summed E-state index contributed by atoms with van der Waals surface area (Å²) in [6, 6.07) is 0. The van der Waals surface area contributed by atoms with Gasteiger partial charge in [0, 0.05) is 12.4 Å². The molecule has 1 aromatic rings. The standard InChI is InChI=1S/C6H8N3O/c1-6(8-5-10)9-3-2-7-4-9/h2-4,6H,1H3,(H,8,10). The van der Waals surface area contributed by atoms with E-state index in [9.17, 15) is 4.79 Å². The predicted molar refractivity (Wildman–Crippen MR) is 35.8 cm³/mol. The number of carbonyl (C=O) groups excluding carboxylic acids is 1. The fourth-order valence-electron chi connectivity index (χ4n) is 0.658. The molecule has 0 aromatic carbocycles. The van der Waals surface area contributed by atoms with Crippen molar-refractivity contribution in [2.45, 2.75) is 13.1 Å². The van der Waals surface area contributed by atoms with E-state index in [0.717, 1.165) is 0 Å². The largest absolute Gasteiger partial charge is 0.328 e. The minimum Gasteiger partial charge on any atom is -0.328 e. The second-order valence-electron chi connectivity index (χ2n) is 1.93. The molecule has 0 aliphatic heterocycles. The smallest absolute Gasteiger partial charge is 0.310 e. The van der Waals surface area contributed by atoms with Crippen LogP contribution in [0.5, 0.6) is 0 Å². The molecule has 1 rings (SSSR count). The second-order valence-corrected chi connectivity index (χ2v) is 1.93. The third-order valence-electron chi connectivity index (χ3n) is 1.24. The van der Waals surface area contributed by atoms with Crippen LogP contribution in [0.4, 0.5) is 0 Å². The molecule has 0 bridgehead atoms. The molecule has 1 amide bonds. The molecular weight excluding hydrogens is 130 g/mol.